The number of nitrogens with zero attached hydrogens (tertiary/aromatic N) is 1. The van der Waals surface area contributed by atoms with Crippen LogP contribution in [0.2, 0.25) is 0 Å². The minimum absolute atomic E-state index is 0.255. The van der Waals surface area contributed by atoms with Gasteiger partial charge in [-0.3, -0.25) is 0 Å². The molecule has 0 saturated carbocycles. The van der Waals surface area contributed by atoms with Gasteiger partial charge in [0.1, 0.15) is 11.2 Å². The molecule has 0 aliphatic carbocycles. The van der Waals surface area contributed by atoms with Crippen molar-refractivity contribution in [3.05, 3.63) is 0 Å². The summed E-state index contributed by atoms with van der Waals surface area (Å²) in [5.41, 5.74) is -1.19. The Morgan fingerprint density at radius 2 is 2.11 bits per heavy atom. The number of piperidine rings is 1. The van der Waals surface area contributed by atoms with Crippen LogP contribution in [0, 0.1) is 5.92 Å². The molecule has 5 nitrogen and oxygen atoms in total. The van der Waals surface area contributed by atoms with E-state index in [1.807, 2.05) is 20.8 Å². The molecule has 2 fully saturated rings. The molecule has 5 heteroatoms. The highest BCUT2D eigenvalue weighted by atomic mass is 16.6. The van der Waals surface area contributed by atoms with Gasteiger partial charge in [-0.05, 0) is 40.2 Å². The Labute approximate surface area is 108 Å². The molecule has 0 radical (unpaired) electrons. The largest absolute Gasteiger partial charge is 0.444 e. The molecule has 104 valence electrons. The molecule has 2 aliphatic rings. The molecule has 1 atom stereocenters. The molecule has 18 heavy (non-hydrogen) atoms. The average molecular weight is 256 g/mol. The second kappa shape index (κ2) is 4.70. The third kappa shape index (κ3) is 2.95. The van der Waals surface area contributed by atoms with Gasteiger partial charge in [0.2, 0.25) is 0 Å². The van der Waals surface area contributed by atoms with E-state index < -0.39 is 11.2 Å². The van der Waals surface area contributed by atoms with Gasteiger partial charge in [-0.15, -0.1) is 0 Å². The van der Waals surface area contributed by atoms with E-state index in [1.54, 1.807) is 4.90 Å². The van der Waals surface area contributed by atoms with Gasteiger partial charge in [0, 0.05) is 12.5 Å². The van der Waals surface area contributed by atoms with Gasteiger partial charge >= 0.3 is 6.09 Å². The standard InChI is InChI=1S/C13H24N2O3/c1-12(2,3)18-11(16)15-8-13(17,9-15)10-5-4-6-14-7-10/h10,14,17H,4-9H2,1-3H3. The maximum absolute atomic E-state index is 11.8. The molecule has 0 aromatic rings. The van der Waals surface area contributed by atoms with Gasteiger partial charge in [-0.1, -0.05) is 0 Å². The van der Waals surface area contributed by atoms with E-state index >= 15 is 0 Å². The van der Waals surface area contributed by atoms with Gasteiger partial charge < -0.3 is 20.1 Å². The number of likely N-dealkylation sites (tertiary alicyclic amines) is 1. The van der Waals surface area contributed by atoms with Crippen LogP contribution in [0.4, 0.5) is 4.79 Å². The molecular formula is C13H24N2O3. The lowest BCUT2D eigenvalue weighted by atomic mass is 9.77. The van der Waals surface area contributed by atoms with E-state index in [9.17, 15) is 9.90 Å². The highest BCUT2D eigenvalue weighted by Gasteiger charge is 2.50. The maximum Gasteiger partial charge on any atom is 0.410 e. The molecule has 0 bridgehead atoms. The first kappa shape index (κ1) is 13.6. The number of aliphatic hydroxyl groups is 1. The van der Waals surface area contributed by atoms with Crippen molar-refractivity contribution in [2.75, 3.05) is 26.2 Å². The summed E-state index contributed by atoms with van der Waals surface area (Å²) in [6.45, 7) is 8.22. The summed E-state index contributed by atoms with van der Waals surface area (Å²) in [6.07, 6.45) is 1.81. The first-order valence-corrected chi connectivity index (χ1v) is 6.71. The fourth-order valence-corrected chi connectivity index (χ4v) is 2.64. The topological polar surface area (TPSA) is 61.8 Å². The third-order valence-corrected chi connectivity index (χ3v) is 3.64. The van der Waals surface area contributed by atoms with Crippen LogP contribution in [0.5, 0.6) is 0 Å². The summed E-state index contributed by atoms with van der Waals surface area (Å²) in [5.74, 6) is 0.255. The van der Waals surface area contributed by atoms with Crippen molar-refractivity contribution in [1.82, 2.24) is 10.2 Å². The van der Waals surface area contributed by atoms with E-state index in [1.165, 1.54) is 0 Å². The summed E-state index contributed by atoms with van der Waals surface area (Å²) in [7, 11) is 0. The lowest BCUT2D eigenvalue weighted by molar-refractivity contribution is -0.135. The monoisotopic (exact) mass is 256 g/mol. The molecular weight excluding hydrogens is 232 g/mol. The fraction of sp³-hybridized carbons (Fsp3) is 0.923. The Hall–Kier alpha value is -0.810. The van der Waals surface area contributed by atoms with E-state index in [-0.39, 0.29) is 12.0 Å². The van der Waals surface area contributed by atoms with Crippen molar-refractivity contribution in [3.8, 4) is 0 Å². The molecule has 0 spiro atoms. The molecule has 2 saturated heterocycles. The number of carbonyl (C=O) groups is 1. The highest BCUT2D eigenvalue weighted by molar-refractivity contribution is 5.69. The molecule has 2 aliphatic heterocycles. The normalized spacial score (nSPS) is 27.6. The maximum atomic E-state index is 11.8. The molecule has 2 heterocycles. The highest BCUT2D eigenvalue weighted by Crippen LogP contribution is 2.33. The molecule has 1 amide bonds. The van der Waals surface area contributed by atoms with Crippen molar-refractivity contribution < 1.29 is 14.6 Å². The van der Waals surface area contributed by atoms with E-state index in [4.69, 9.17) is 4.74 Å². The van der Waals surface area contributed by atoms with Crippen molar-refractivity contribution >= 4 is 6.09 Å². The van der Waals surface area contributed by atoms with Crippen LogP contribution in [-0.4, -0.2) is 53.5 Å². The number of rotatable bonds is 1. The number of carbonyl (C=O) groups excluding carboxylic acids is 1. The first-order valence-electron chi connectivity index (χ1n) is 6.71. The predicted molar refractivity (Wildman–Crippen MR) is 68.4 cm³/mol. The van der Waals surface area contributed by atoms with Crippen LogP contribution >= 0.6 is 0 Å². The van der Waals surface area contributed by atoms with Crippen LogP contribution < -0.4 is 5.32 Å². The van der Waals surface area contributed by atoms with Crippen molar-refractivity contribution in [2.45, 2.75) is 44.8 Å². The number of amides is 1. The number of hydrogen-bond acceptors (Lipinski definition) is 4. The summed E-state index contributed by atoms with van der Waals surface area (Å²) >= 11 is 0. The zero-order valence-electron chi connectivity index (χ0n) is 11.5. The summed E-state index contributed by atoms with van der Waals surface area (Å²) in [5, 5.41) is 13.8. The second-order valence-corrected chi connectivity index (χ2v) is 6.48. The molecule has 0 aromatic carbocycles. The Morgan fingerprint density at radius 3 is 2.61 bits per heavy atom. The van der Waals surface area contributed by atoms with Crippen LogP contribution in [0.25, 0.3) is 0 Å². The Bertz CT molecular complexity index is 313. The van der Waals surface area contributed by atoms with Crippen LogP contribution in [0.15, 0.2) is 0 Å². The predicted octanol–water partition coefficient (Wildman–Crippen LogP) is 0.968. The fourth-order valence-electron chi connectivity index (χ4n) is 2.64. The molecule has 2 N–H and O–H groups in total. The Kier molecular flexibility index (Phi) is 3.56. The van der Waals surface area contributed by atoms with Gasteiger partial charge in [0.15, 0.2) is 0 Å². The van der Waals surface area contributed by atoms with Crippen LogP contribution in [-0.2, 0) is 4.74 Å². The number of nitrogens with one attached hydrogen (secondary N) is 1. The van der Waals surface area contributed by atoms with Gasteiger partial charge in [0.05, 0.1) is 13.1 Å². The zero-order valence-corrected chi connectivity index (χ0v) is 11.5. The molecule has 0 aromatic heterocycles. The van der Waals surface area contributed by atoms with Crippen molar-refractivity contribution in [2.24, 2.45) is 5.92 Å². The second-order valence-electron chi connectivity index (χ2n) is 6.48. The summed E-state index contributed by atoms with van der Waals surface area (Å²) in [6, 6.07) is 0. The summed E-state index contributed by atoms with van der Waals surface area (Å²) in [4.78, 5) is 13.4. The van der Waals surface area contributed by atoms with Crippen molar-refractivity contribution in [1.29, 1.82) is 0 Å². The van der Waals surface area contributed by atoms with Gasteiger partial charge in [-0.25, -0.2) is 4.79 Å². The SMILES string of the molecule is CC(C)(C)OC(=O)N1CC(O)(C2CCCNC2)C1. The number of β-amino-alcohol motifs (C(OH)–C–C–N with tert-alkyl or cyclic N) is 1. The van der Waals surface area contributed by atoms with Crippen molar-refractivity contribution in [3.63, 3.8) is 0 Å². The quantitative estimate of drug-likeness (QED) is 0.734. The van der Waals surface area contributed by atoms with Crippen LogP contribution in [0.1, 0.15) is 33.6 Å². The van der Waals surface area contributed by atoms with Gasteiger partial charge in [-0.2, -0.15) is 0 Å². The van der Waals surface area contributed by atoms with E-state index in [2.05, 4.69) is 5.32 Å². The van der Waals surface area contributed by atoms with E-state index in [0.29, 0.717) is 13.1 Å². The third-order valence-electron chi connectivity index (χ3n) is 3.64. The lowest BCUT2D eigenvalue weighted by Crippen LogP contribution is -2.69. The first-order chi connectivity index (χ1) is 8.30. The lowest BCUT2D eigenvalue weighted by Gasteiger charge is -2.51. The average Bonchev–Trinajstić information content (AvgIpc) is 2.23. The molecule has 2 rings (SSSR count). The smallest absolute Gasteiger partial charge is 0.410 e. The Balaban J connectivity index is 1.83. The summed E-state index contributed by atoms with van der Waals surface area (Å²) < 4.78 is 5.28. The minimum Gasteiger partial charge on any atom is -0.444 e. The van der Waals surface area contributed by atoms with E-state index in [0.717, 1.165) is 25.9 Å². The number of hydrogen-bond donors (Lipinski definition) is 2. The Morgan fingerprint density at radius 1 is 1.44 bits per heavy atom. The number of ether oxygens (including phenoxy) is 1. The molecule has 1 unspecified atom stereocenters. The van der Waals surface area contributed by atoms with Gasteiger partial charge in [0.25, 0.3) is 0 Å². The zero-order chi connectivity index (χ0) is 13.4. The minimum atomic E-state index is -0.718. The van der Waals surface area contributed by atoms with Crippen LogP contribution in [0.3, 0.4) is 0 Å².